The lowest BCUT2D eigenvalue weighted by Gasteiger charge is -2.19. The summed E-state index contributed by atoms with van der Waals surface area (Å²) in [7, 11) is 1.48. The predicted molar refractivity (Wildman–Crippen MR) is 66.3 cm³/mol. The minimum Gasteiger partial charge on any atom is -0.481 e. The van der Waals surface area contributed by atoms with Crippen molar-refractivity contribution in [3.63, 3.8) is 0 Å². The van der Waals surface area contributed by atoms with Gasteiger partial charge >= 0.3 is 5.97 Å². The molecule has 1 unspecified atom stereocenters. The molecule has 0 heterocycles. The van der Waals surface area contributed by atoms with Crippen LogP contribution in [0, 0.1) is 11.7 Å². The van der Waals surface area contributed by atoms with Crippen LogP contribution >= 0.6 is 0 Å². The van der Waals surface area contributed by atoms with E-state index in [0.29, 0.717) is 0 Å². The summed E-state index contributed by atoms with van der Waals surface area (Å²) in [6.07, 6.45) is 0. The van der Waals surface area contributed by atoms with E-state index < -0.39 is 23.6 Å². The van der Waals surface area contributed by atoms with Gasteiger partial charge in [-0.25, -0.2) is 4.39 Å². The molecule has 0 saturated heterocycles. The Bertz CT molecular complexity index is 464. The highest BCUT2D eigenvalue weighted by Gasteiger charge is 2.18. The van der Waals surface area contributed by atoms with Crippen molar-refractivity contribution < 1.29 is 23.8 Å². The van der Waals surface area contributed by atoms with Crippen molar-refractivity contribution in [3.05, 3.63) is 30.1 Å². The summed E-state index contributed by atoms with van der Waals surface area (Å²) in [5.41, 5.74) is 0. The molecule has 0 radical (unpaired) electrons. The number of ether oxygens (including phenoxy) is 1. The molecule has 19 heavy (non-hydrogen) atoms. The zero-order valence-corrected chi connectivity index (χ0v) is 10.8. The zero-order chi connectivity index (χ0) is 14.4. The Hall–Kier alpha value is -2.11. The second-order valence-corrected chi connectivity index (χ2v) is 4.23. The Morgan fingerprint density at radius 3 is 2.63 bits per heavy atom. The van der Waals surface area contributed by atoms with E-state index in [4.69, 9.17) is 9.84 Å². The first-order valence-corrected chi connectivity index (χ1v) is 5.76. The van der Waals surface area contributed by atoms with E-state index >= 15 is 0 Å². The van der Waals surface area contributed by atoms with Crippen molar-refractivity contribution in [3.8, 4) is 5.75 Å². The predicted octanol–water partition coefficient (Wildman–Crippen LogP) is 1.38. The van der Waals surface area contributed by atoms with E-state index in [1.807, 2.05) is 0 Å². The number of nitrogens with zero attached hydrogens (tertiary/aromatic N) is 1. The Labute approximate surface area is 110 Å². The fraction of sp³-hybridized carbons (Fsp3) is 0.385. The molecule has 0 bridgehead atoms. The summed E-state index contributed by atoms with van der Waals surface area (Å²) in [6.45, 7) is 1.25. The minimum atomic E-state index is -0.977. The lowest BCUT2D eigenvalue weighted by molar-refractivity contribution is -0.143. The summed E-state index contributed by atoms with van der Waals surface area (Å²) in [5.74, 6) is -2.60. The van der Waals surface area contributed by atoms with Gasteiger partial charge in [0.05, 0.1) is 5.92 Å². The van der Waals surface area contributed by atoms with Crippen molar-refractivity contribution in [2.24, 2.45) is 5.92 Å². The van der Waals surface area contributed by atoms with Crippen LogP contribution in [0.3, 0.4) is 0 Å². The number of amides is 1. The summed E-state index contributed by atoms with van der Waals surface area (Å²) in [5, 5.41) is 8.74. The molecular formula is C13H16FNO4. The maximum Gasteiger partial charge on any atom is 0.308 e. The fourth-order valence-corrected chi connectivity index (χ4v) is 1.40. The summed E-state index contributed by atoms with van der Waals surface area (Å²) in [6, 6.07) is 5.77. The highest BCUT2D eigenvalue weighted by atomic mass is 19.1. The summed E-state index contributed by atoms with van der Waals surface area (Å²) >= 11 is 0. The standard InChI is InChI=1S/C13H16FNO4/c1-9(13(17)18)7-15(2)12(16)8-19-11-6-4-3-5-10(11)14/h3-6,9H,7-8H2,1-2H3,(H,17,18). The van der Waals surface area contributed by atoms with Crippen molar-refractivity contribution in [2.45, 2.75) is 6.92 Å². The molecule has 0 aromatic heterocycles. The van der Waals surface area contributed by atoms with Crippen LogP contribution in [0.15, 0.2) is 24.3 Å². The molecule has 0 aliphatic rings. The van der Waals surface area contributed by atoms with Gasteiger partial charge in [0.1, 0.15) is 0 Å². The highest BCUT2D eigenvalue weighted by molar-refractivity contribution is 5.78. The van der Waals surface area contributed by atoms with Gasteiger partial charge in [-0.2, -0.15) is 0 Å². The molecule has 0 fully saturated rings. The van der Waals surface area contributed by atoms with Crippen LogP contribution in [-0.2, 0) is 9.59 Å². The molecule has 1 aromatic rings. The number of benzene rings is 1. The molecule has 5 nitrogen and oxygen atoms in total. The molecular weight excluding hydrogens is 253 g/mol. The average molecular weight is 269 g/mol. The third-order valence-corrected chi connectivity index (χ3v) is 2.58. The molecule has 0 aliphatic carbocycles. The number of hydrogen-bond donors (Lipinski definition) is 1. The largest absolute Gasteiger partial charge is 0.481 e. The molecule has 1 aromatic carbocycles. The van der Waals surface area contributed by atoms with Gasteiger partial charge in [0.15, 0.2) is 18.2 Å². The van der Waals surface area contributed by atoms with Crippen molar-refractivity contribution >= 4 is 11.9 Å². The van der Waals surface area contributed by atoms with Gasteiger partial charge in [0.2, 0.25) is 0 Å². The minimum absolute atomic E-state index is 0.00414. The molecule has 6 heteroatoms. The van der Waals surface area contributed by atoms with Crippen LogP contribution in [0.2, 0.25) is 0 Å². The average Bonchev–Trinajstić information content (AvgIpc) is 2.37. The van der Waals surface area contributed by atoms with Crippen molar-refractivity contribution in [1.29, 1.82) is 0 Å². The maximum atomic E-state index is 13.2. The van der Waals surface area contributed by atoms with E-state index in [-0.39, 0.29) is 18.9 Å². The number of halogens is 1. The van der Waals surface area contributed by atoms with Crippen molar-refractivity contribution in [1.82, 2.24) is 4.90 Å². The number of carbonyl (C=O) groups is 2. The van der Waals surface area contributed by atoms with Crippen LogP contribution in [0.25, 0.3) is 0 Å². The molecule has 1 N–H and O–H groups in total. The lowest BCUT2D eigenvalue weighted by atomic mass is 10.2. The van der Waals surface area contributed by atoms with Crippen LogP contribution in [0.4, 0.5) is 4.39 Å². The van der Waals surface area contributed by atoms with Crippen molar-refractivity contribution in [2.75, 3.05) is 20.2 Å². The molecule has 104 valence electrons. The van der Waals surface area contributed by atoms with Crippen LogP contribution in [0.5, 0.6) is 5.75 Å². The number of likely N-dealkylation sites (N-methyl/N-ethyl adjacent to an activating group) is 1. The first kappa shape index (κ1) is 14.9. The summed E-state index contributed by atoms with van der Waals surface area (Å²) < 4.78 is 18.3. The topological polar surface area (TPSA) is 66.8 Å². The van der Waals surface area contributed by atoms with E-state index in [0.717, 1.165) is 0 Å². The second kappa shape index (κ2) is 6.72. The van der Waals surface area contributed by atoms with Crippen LogP contribution < -0.4 is 4.74 Å². The zero-order valence-electron chi connectivity index (χ0n) is 10.8. The maximum absolute atomic E-state index is 13.2. The van der Waals surface area contributed by atoms with Gasteiger partial charge in [-0.15, -0.1) is 0 Å². The van der Waals surface area contributed by atoms with Gasteiger partial charge < -0.3 is 14.7 Å². The summed E-state index contributed by atoms with van der Waals surface area (Å²) in [4.78, 5) is 23.6. The van der Waals surface area contributed by atoms with E-state index in [2.05, 4.69) is 0 Å². The van der Waals surface area contributed by atoms with Gasteiger partial charge in [0, 0.05) is 13.6 Å². The van der Waals surface area contributed by atoms with E-state index in [9.17, 15) is 14.0 Å². The van der Waals surface area contributed by atoms with E-state index in [1.54, 1.807) is 6.07 Å². The Kier molecular flexibility index (Phi) is 5.29. The SMILES string of the molecule is CC(CN(C)C(=O)COc1ccccc1F)C(=O)O. The fourth-order valence-electron chi connectivity index (χ4n) is 1.40. The van der Waals surface area contributed by atoms with Gasteiger partial charge in [-0.3, -0.25) is 9.59 Å². The number of carbonyl (C=O) groups excluding carboxylic acids is 1. The molecule has 0 spiro atoms. The van der Waals surface area contributed by atoms with Gasteiger partial charge in [0.25, 0.3) is 5.91 Å². The third kappa shape index (κ3) is 4.57. The normalized spacial score (nSPS) is 11.7. The number of aliphatic carboxylic acids is 1. The smallest absolute Gasteiger partial charge is 0.308 e. The highest BCUT2D eigenvalue weighted by Crippen LogP contribution is 2.15. The Balaban J connectivity index is 2.47. The molecule has 1 amide bonds. The number of rotatable bonds is 6. The lowest BCUT2D eigenvalue weighted by Crippen LogP contribution is -2.36. The second-order valence-electron chi connectivity index (χ2n) is 4.23. The first-order valence-electron chi connectivity index (χ1n) is 5.76. The monoisotopic (exact) mass is 269 g/mol. The molecule has 0 aliphatic heterocycles. The Morgan fingerprint density at radius 2 is 2.05 bits per heavy atom. The first-order chi connectivity index (χ1) is 8.91. The quantitative estimate of drug-likeness (QED) is 0.847. The third-order valence-electron chi connectivity index (χ3n) is 2.58. The van der Waals surface area contributed by atoms with Gasteiger partial charge in [-0.1, -0.05) is 19.1 Å². The molecule has 0 saturated carbocycles. The number of hydrogen-bond acceptors (Lipinski definition) is 3. The Morgan fingerprint density at radius 1 is 1.42 bits per heavy atom. The van der Waals surface area contributed by atoms with Gasteiger partial charge in [-0.05, 0) is 12.1 Å². The molecule has 1 rings (SSSR count). The number of para-hydroxylation sites is 1. The number of carboxylic acid groups (broad SMARTS) is 1. The van der Waals surface area contributed by atoms with Crippen LogP contribution in [0.1, 0.15) is 6.92 Å². The van der Waals surface area contributed by atoms with E-state index in [1.165, 1.54) is 37.1 Å². The number of carboxylic acids is 1. The molecule has 1 atom stereocenters. The van der Waals surface area contributed by atoms with Crippen LogP contribution in [-0.4, -0.2) is 42.1 Å².